The van der Waals surface area contributed by atoms with Crippen LogP contribution in [-0.2, 0) is 13.5 Å². The van der Waals surface area contributed by atoms with Crippen LogP contribution in [0, 0.1) is 5.92 Å². The first-order valence-corrected chi connectivity index (χ1v) is 5.68. The fourth-order valence-corrected chi connectivity index (χ4v) is 1.70. The van der Waals surface area contributed by atoms with E-state index in [1.165, 1.54) is 5.56 Å². The van der Waals surface area contributed by atoms with Gasteiger partial charge in [-0.1, -0.05) is 13.8 Å². The van der Waals surface area contributed by atoms with Crippen molar-refractivity contribution in [1.29, 1.82) is 0 Å². The third-order valence-corrected chi connectivity index (χ3v) is 3.39. The molecule has 0 bridgehead atoms. The number of aryl methyl sites for hydroxylation is 2. The minimum atomic E-state index is 0.312. The first-order valence-electron chi connectivity index (χ1n) is 5.25. The lowest BCUT2D eigenvalue weighted by Gasteiger charge is -2.15. The highest BCUT2D eigenvalue weighted by atomic mass is 35.5. The summed E-state index contributed by atoms with van der Waals surface area (Å²) in [6.45, 7) is 4.36. The molecule has 1 aromatic heterocycles. The van der Waals surface area contributed by atoms with Crippen molar-refractivity contribution >= 4 is 11.6 Å². The van der Waals surface area contributed by atoms with Gasteiger partial charge in [-0.05, 0) is 30.7 Å². The number of alkyl halides is 1. The molecule has 0 aliphatic rings. The van der Waals surface area contributed by atoms with Crippen molar-refractivity contribution in [2.75, 3.05) is 0 Å². The maximum atomic E-state index is 6.17. The highest BCUT2D eigenvalue weighted by molar-refractivity contribution is 6.20. The van der Waals surface area contributed by atoms with Crippen LogP contribution in [0.3, 0.4) is 0 Å². The Balaban J connectivity index is 2.33. The second-order valence-corrected chi connectivity index (χ2v) is 4.52. The maximum Gasteiger partial charge on any atom is 0.0521 e. The Morgan fingerprint density at radius 2 is 2.29 bits per heavy atom. The highest BCUT2D eigenvalue weighted by Crippen LogP contribution is 2.19. The van der Waals surface area contributed by atoms with Gasteiger partial charge in [-0.25, -0.2) is 0 Å². The quantitative estimate of drug-likeness (QED) is 0.690. The van der Waals surface area contributed by atoms with E-state index in [1.54, 1.807) is 0 Å². The fraction of sp³-hybridized carbons (Fsp3) is 0.727. The standard InChI is InChI=1S/C11H19ClN2/c1-4-11(12)9(2)5-6-10-7-13-14(3)8-10/h7-9,11H,4-6H2,1-3H3. The van der Waals surface area contributed by atoms with E-state index in [4.69, 9.17) is 11.6 Å². The summed E-state index contributed by atoms with van der Waals surface area (Å²) in [5.74, 6) is 0.585. The molecular weight excluding hydrogens is 196 g/mol. The molecule has 0 saturated heterocycles. The molecular formula is C11H19ClN2. The SMILES string of the molecule is CCC(Cl)C(C)CCc1cnn(C)c1. The Hall–Kier alpha value is -0.500. The number of aromatic nitrogens is 2. The molecule has 0 aliphatic carbocycles. The lowest BCUT2D eigenvalue weighted by Crippen LogP contribution is -2.10. The molecule has 0 aliphatic heterocycles. The van der Waals surface area contributed by atoms with Crippen LogP contribution in [0.1, 0.15) is 32.3 Å². The van der Waals surface area contributed by atoms with Crippen molar-refractivity contribution in [1.82, 2.24) is 9.78 Å². The monoisotopic (exact) mass is 214 g/mol. The molecule has 1 heterocycles. The lowest BCUT2D eigenvalue weighted by atomic mass is 9.98. The van der Waals surface area contributed by atoms with Crippen LogP contribution in [-0.4, -0.2) is 15.2 Å². The average Bonchev–Trinajstić information content (AvgIpc) is 2.59. The van der Waals surface area contributed by atoms with Gasteiger partial charge in [-0.15, -0.1) is 11.6 Å². The van der Waals surface area contributed by atoms with Crippen molar-refractivity contribution in [3.8, 4) is 0 Å². The molecule has 80 valence electrons. The van der Waals surface area contributed by atoms with E-state index >= 15 is 0 Å². The van der Waals surface area contributed by atoms with E-state index in [1.807, 2.05) is 17.9 Å². The van der Waals surface area contributed by atoms with Crippen LogP contribution in [0.2, 0.25) is 0 Å². The molecule has 1 aromatic rings. The molecule has 1 rings (SSSR count). The summed E-state index contributed by atoms with van der Waals surface area (Å²) in [6, 6.07) is 0. The smallest absolute Gasteiger partial charge is 0.0521 e. The molecule has 0 saturated carbocycles. The first-order chi connectivity index (χ1) is 6.63. The predicted octanol–water partition coefficient (Wildman–Crippen LogP) is 3.01. The van der Waals surface area contributed by atoms with Gasteiger partial charge in [0.1, 0.15) is 0 Å². The third-order valence-electron chi connectivity index (χ3n) is 2.65. The summed E-state index contributed by atoms with van der Waals surface area (Å²) >= 11 is 6.17. The van der Waals surface area contributed by atoms with Gasteiger partial charge >= 0.3 is 0 Å². The Morgan fingerprint density at radius 1 is 1.57 bits per heavy atom. The van der Waals surface area contributed by atoms with Crippen molar-refractivity contribution in [3.05, 3.63) is 18.0 Å². The largest absolute Gasteiger partial charge is 0.276 e. The van der Waals surface area contributed by atoms with Crippen LogP contribution in [0.25, 0.3) is 0 Å². The molecule has 3 heteroatoms. The zero-order chi connectivity index (χ0) is 10.6. The topological polar surface area (TPSA) is 17.8 Å². The molecule has 0 aromatic carbocycles. The molecule has 2 unspecified atom stereocenters. The molecule has 0 N–H and O–H groups in total. The maximum absolute atomic E-state index is 6.17. The molecule has 2 nitrogen and oxygen atoms in total. The van der Waals surface area contributed by atoms with Crippen molar-refractivity contribution in [2.24, 2.45) is 13.0 Å². The number of hydrogen-bond acceptors (Lipinski definition) is 1. The minimum Gasteiger partial charge on any atom is -0.276 e. The number of halogens is 1. The summed E-state index contributed by atoms with van der Waals surface area (Å²) < 4.78 is 1.85. The molecule has 14 heavy (non-hydrogen) atoms. The van der Waals surface area contributed by atoms with Crippen LogP contribution in [0.5, 0.6) is 0 Å². The van der Waals surface area contributed by atoms with Gasteiger partial charge < -0.3 is 0 Å². The number of nitrogens with zero attached hydrogens (tertiary/aromatic N) is 2. The Kier molecular flexibility index (Phi) is 4.46. The second-order valence-electron chi connectivity index (χ2n) is 3.96. The predicted molar refractivity (Wildman–Crippen MR) is 60.6 cm³/mol. The van der Waals surface area contributed by atoms with Crippen LogP contribution in [0.4, 0.5) is 0 Å². The molecule has 0 fully saturated rings. The first kappa shape index (κ1) is 11.6. The van der Waals surface area contributed by atoms with E-state index in [0.29, 0.717) is 11.3 Å². The molecule has 0 radical (unpaired) electrons. The van der Waals surface area contributed by atoms with Crippen molar-refractivity contribution < 1.29 is 0 Å². The average molecular weight is 215 g/mol. The van der Waals surface area contributed by atoms with Gasteiger partial charge in [0.05, 0.1) is 6.20 Å². The summed E-state index contributed by atoms with van der Waals surface area (Å²) in [5, 5.41) is 4.45. The van der Waals surface area contributed by atoms with E-state index in [-0.39, 0.29) is 0 Å². The van der Waals surface area contributed by atoms with E-state index < -0.39 is 0 Å². The minimum absolute atomic E-state index is 0.312. The molecule has 0 spiro atoms. The van der Waals surface area contributed by atoms with E-state index in [9.17, 15) is 0 Å². The summed E-state index contributed by atoms with van der Waals surface area (Å²) in [6.07, 6.45) is 7.28. The van der Waals surface area contributed by atoms with Crippen LogP contribution < -0.4 is 0 Å². The van der Waals surface area contributed by atoms with Gasteiger partial charge in [0.2, 0.25) is 0 Å². The Bertz CT molecular complexity index is 270. The van der Waals surface area contributed by atoms with Crippen LogP contribution in [0.15, 0.2) is 12.4 Å². The molecule has 2 atom stereocenters. The Labute approximate surface area is 91.3 Å². The Morgan fingerprint density at radius 3 is 2.79 bits per heavy atom. The number of hydrogen-bond donors (Lipinski definition) is 0. The third kappa shape index (κ3) is 3.33. The zero-order valence-electron chi connectivity index (χ0n) is 9.20. The van der Waals surface area contributed by atoms with Crippen LogP contribution >= 0.6 is 11.6 Å². The summed E-state index contributed by atoms with van der Waals surface area (Å²) in [4.78, 5) is 0. The summed E-state index contributed by atoms with van der Waals surface area (Å²) in [7, 11) is 1.95. The van der Waals surface area contributed by atoms with Gasteiger partial charge in [0, 0.05) is 18.6 Å². The van der Waals surface area contributed by atoms with E-state index in [2.05, 4.69) is 25.1 Å². The van der Waals surface area contributed by atoms with Gasteiger partial charge in [-0.3, -0.25) is 4.68 Å². The van der Waals surface area contributed by atoms with Gasteiger partial charge in [0.15, 0.2) is 0 Å². The zero-order valence-corrected chi connectivity index (χ0v) is 9.96. The van der Waals surface area contributed by atoms with Crippen molar-refractivity contribution in [2.45, 2.75) is 38.5 Å². The number of rotatable bonds is 5. The summed E-state index contributed by atoms with van der Waals surface area (Å²) in [5.41, 5.74) is 1.30. The fourth-order valence-electron chi connectivity index (χ4n) is 1.58. The highest BCUT2D eigenvalue weighted by Gasteiger charge is 2.12. The lowest BCUT2D eigenvalue weighted by molar-refractivity contribution is 0.494. The van der Waals surface area contributed by atoms with Crippen molar-refractivity contribution in [3.63, 3.8) is 0 Å². The molecule has 0 amide bonds. The second kappa shape index (κ2) is 5.40. The van der Waals surface area contributed by atoms with Gasteiger partial charge in [-0.2, -0.15) is 5.10 Å². The normalized spacial score (nSPS) is 15.4. The van der Waals surface area contributed by atoms with E-state index in [0.717, 1.165) is 19.3 Å². The van der Waals surface area contributed by atoms with Gasteiger partial charge in [0.25, 0.3) is 0 Å².